The van der Waals surface area contributed by atoms with Crippen LogP contribution in [0.1, 0.15) is 104 Å². The van der Waals surface area contributed by atoms with Crippen molar-refractivity contribution in [3.05, 3.63) is 71.3 Å². The summed E-state index contributed by atoms with van der Waals surface area (Å²) in [5.41, 5.74) is 0.966. The first-order valence-electron chi connectivity index (χ1n) is 16.4. The molecule has 3 rings (SSSR count). The average molecular weight is 636 g/mol. The van der Waals surface area contributed by atoms with E-state index in [-0.39, 0.29) is 24.3 Å². The van der Waals surface area contributed by atoms with Crippen LogP contribution in [-0.4, -0.2) is 58.1 Å². The third kappa shape index (κ3) is 11.2. The molecule has 3 atom stereocenters. The fourth-order valence-corrected chi connectivity index (χ4v) is 5.36. The fraction of sp³-hybridized carbons (Fsp3) is 0.568. The second-order valence-electron chi connectivity index (χ2n) is 14.8. The summed E-state index contributed by atoms with van der Waals surface area (Å²) in [5.74, 6) is -1.34. The summed E-state index contributed by atoms with van der Waals surface area (Å²) < 4.78 is 11.2. The van der Waals surface area contributed by atoms with Crippen molar-refractivity contribution in [1.82, 2.24) is 15.5 Å². The van der Waals surface area contributed by atoms with Gasteiger partial charge in [0.2, 0.25) is 11.8 Å². The Morgan fingerprint density at radius 2 is 1.41 bits per heavy atom. The van der Waals surface area contributed by atoms with Gasteiger partial charge in [0, 0.05) is 12.5 Å². The summed E-state index contributed by atoms with van der Waals surface area (Å²) >= 11 is 0. The molecule has 0 radical (unpaired) electrons. The van der Waals surface area contributed by atoms with Crippen molar-refractivity contribution in [2.45, 2.75) is 130 Å². The minimum absolute atomic E-state index is 0.0706. The van der Waals surface area contributed by atoms with Gasteiger partial charge >= 0.3 is 12.1 Å². The van der Waals surface area contributed by atoms with Crippen molar-refractivity contribution in [1.29, 1.82) is 0 Å². The van der Waals surface area contributed by atoms with E-state index < -0.39 is 47.3 Å². The zero-order valence-corrected chi connectivity index (χ0v) is 29.0. The summed E-state index contributed by atoms with van der Waals surface area (Å²) in [4.78, 5) is 57.1. The second-order valence-corrected chi connectivity index (χ2v) is 14.8. The summed E-state index contributed by atoms with van der Waals surface area (Å²) in [6.45, 7) is 16.5. The molecule has 0 bridgehead atoms. The molecule has 252 valence electrons. The summed E-state index contributed by atoms with van der Waals surface area (Å²) in [7, 11) is 0. The molecule has 1 saturated carbocycles. The molecule has 2 N–H and O–H groups in total. The molecule has 0 heterocycles. The van der Waals surface area contributed by atoms with E-state index in [1.165, 1.54) is 0 Å². The normalized spacial score (nSPS) is 15.6. The third-order valence-electron chi connectivity index (χ3n) is 7.63. The van der Waals surface area contributed by atoms with Crippen molar-refractivity contribution in [2.24, 2.45) is 5.92 Å². The standard InChI is InChI=1S/C37H53N3O6/c1-24(2)22-29(39-35(44)46-37(7,8)9)33(42)40(28-16-13-17-28)31(27-20-18-25(3)19-21-27)32(41)38-30(34(43)45-36(4,5)6)23-26-14-11-10-12-15-26/h10-12,14-15,18-21,24,28-31H,13,16-17,22-23H2,1-9H3,(H,38,41)(H,39,44). The van der Waals surface area contributed by atoms with Gasteiger partial charge in [0.1, 0.15) is 29.3 Å². The Hall–Kier alpha value is -3.88. The van der Waals surface area contributed by atoms with E-state index >= 15 is 0 Å². The zero-order valence-electron chi connectivity index (χ0n) is 29.0. The molecule has 0 aliphatic heterocycles. The molecule has 0 aromatic heterocycles. The molecule has 0 saturated heterocycles. The Morgan fingerprint density at radius 1 is 0.826 bits per heavy atom. The van der Waals surface area contributed by atoms with Gasteiger partial charge in [-0.25, -0.2) is 9.59 Å². The Balaban J connectivity index is 2.05. The van der Waals surface area contributed by atoms with E-state index in [4.69, 9.17) is 9.47 Å². The number of alkyl carbamates (subject to hydrolysis) is 1. The molecule has 3 amide bonds. The number of esters is 1. The first kappa shape index (κ1) is 36.6. The van der Waals surface area contributed by atoms with E-state index in [1.54, 1.807) is 46.4 Å². The van der Waals surface area contributed by atoms with E-state index in [1.807, 2.05) is 75.4 Å². The van der Waals surface area contributed by atoms with Gasteiger partial charge in [-0.2, -0.15) is 0 Å². The maximum Gasteiger partial charge on any atom is 0.408 e. The predicted molar refractivity (Wildman–Crippen MR) is 179 cm³/mol. The lowest BCUT2D eigenvalue weighted by molar-refractivity contribution is -0.159. The van der Waals surface area contributed by atoms with Crippen LogP contribution in [0.2, 0.25) is 0 Å². The molecule has 0 spiro atoms. The number of amides is 3. The van der Waals surface area contributed by atoms with E-state index in [0.29, 0.717) is 12.0 Å². The highest BCUT2D eigenvalue weighted by atomic mass is 16.6. The van der Waals surface area contributed by atoms with Crippen LogP contribution in [0, 0.1) is 12.8 Å². The molecule has 1 fully saturated rings. The van der Waals surface area contributed by atoms with Crippen LogP contribution in [0.3, 0.4) is 0 Å². The smallest absolute Gasteiger partial charge is 0.408 e. The predicted octanol–water partition coefficient (Wildman–Crippen LogP) is 6.43. The minimum atomic E-state index is -1.05. The van der Waals surface area contributed by atoms with Crippen molar-refractivity contribution in [3.8, 4) is 0 Å². The molecule has 3 unspecified atom stereocenters. The van der Waals surface area contributed by atoms with Gasteiger partial charge in [0.25, 0.3) is 0 Å². The van der Waals surface area contributed by atoms with E-state index in [2.05, 4.69) is 10.6 Å². The van der Waals surface area contributed by atoms with Gasteiger partial charge in [-0.05, 0) is 91.2 Å². The Labute approximate surface area is 274 Å². The van der Waals surface area contributed by atoms with Crippen LogP contribution in [0.15, 0.2) is 54.6 Å². The number of hydrogen-bond acceptors (Lipinski definition) is 6. The number of aryl methyl sites for hydroxylation is 1. The molecular formula is C37H53N3O6. The lowest BCUT2D eigenvalue weighted by Crippen LogP contribution is -2.59. The van der Waals surface area contributed by atoms with Crippen LogP contribution in [0.4, 0.5) is 4.79 Å². The van der Waals surface area contributed by atoms with Gasteiger partial charge < -0.3 is 25.0 Å². The first-order chi connectivity index (χ1) is 21.4. The monoisotopic (exact) mass is 635 g/mol. The van der Waals surface area contributed by atoms with E-state index in [0.717, 1.165) is 30.4 Å². The quantitative estimate of drug-likeness (QED) is 0.260. The van der Waals surface area contributed by atoms with Crippen molar-refractivity contribution in [3.63, 3.8) is 0 Å². The number of carbonyl (C=O) groups is 4. The number of nitrogens with one attached hydrogen (secondary N) is 2. The zero-order chi connectivity index (χ0) is 34.2. The molecule has 9 nitrogen and oxygen atoms in total. The van der Waals surface area contributed by atoms with Gasteiger partial charge in [-0.3, -0.25) is 9.59 Å². The Bertz CT molecular complexity index is 1320. The molecular weight excluding hydrogens is 582 g/mol. The van der Waals surface area contributed by atoms with Crippen molar-refractivity contribution in [2.75, 3.05) is 0 Å². The number of hydrogen-bond donors (Lipinski definition) is 2. The SMILES string of the molecule is Cc1ccc(C(C(=O)NC(Cc2ccccc2)C(=O)OC(C)(C)C)N(C(=O)C(CC(C)C)NC(=O)OC(C)(C)C)C2CCC2)cc1. The molecule has 2 aromatic carbocycles. The highest BCUT2D eigenvalue weighted by Gasteiger charge is 2.43. The van der Waals surface area contributed by atoms with Crippen LogP contribution in [0.5, 0.6) is 0 Å². The number of carbonyl (C=O) groups excluding carboxylic acids is 4. The average Bonchev–Trinajstić information content (AvgIpc) is 2.90. The van der Waals surface area contributed by atoms with Crippen LogP contribution < -0.4 is 10.6 Å². The molecule has 1 aliphatic carbocycles. The van der Waals surface area contributed by atoms with Crippen molar-refractivity contribution < 1.29 is 28.7 Å². The number of rotatable bonds is 12. The Morgan fingerprint density at radius 3 is 1.91 bits per heavy atom. The molecule has 2 aromatic rings. The lowest BCUT2D eigenvalue weighted by Gasteiger charge is -2.44. The highest BCUT2D eigenvalue weighted by molar-refractivity contribution is 5.94. The topological polar surface area (TPSA) is 114 Å². The fourth-order valence-electron chi connectivity index (χ4n) is 5.36. The maximum absolute atomic E-state index is 14.6. The number of nitrogens with zero attached hydrogens (tertiary/aromatic N) is 1. The van der Waals surface area contributed by atoms with Gasteiger partial charge in [0.15, 0.2) is 0 Å². The molecule has 1 aliphatic rings. The largest absolute Gasteiger partial charge is 0.458 e. The maximum atomic E-state index is 14.6. The molecule has 9 heteroatoms. The van der Waals surface area contributed by atoms with Gasteiger partial charge in [0.05, 0.1) is 0 Å². The van der Waals surface area contributed by atoms with Crippen molar-refractivity contribution >= 4 is 23.9 Å². The number of ether oxygens (including phenoxy) is 2. The highest BCUT2D eigenvalue weighted by Crippen LogP contribution is 2.34. The Kier molecular flexibility index (Phi) is 12.4. The van der Waals surface area contributed by atoms with E-state index in [9.17, 15) is 19.2 Å². The second kappa shape index (κ2) is 15.6. The first-order valence-corrected chi connectivity index (χ1v) is 16.4. The lowest BCUT2D eigenvalue weighted by atomic mass is 9.87. The number of benzene rings is 2. The summed E-state index contributed by atoms with van der Waals surface area (Å²) in [6.07, 6.45) is 2.25. The summed E-state index contributed by atoms with van der Waals surface area (Å²) in [5, 5.41) is 5.77. The molecule has 46 heavy (non-hydrogen) atoms. The third-order valence-corrected chi connectivity index (χ3v) is 7.63. The summed E-state index contributed by atoms with van der Waals surface area (Å²) in [6, 6.07) is 13.7. The van der Waals surface area contributed by atoms with Crippen LogP contribution >= 0.6 is 0 Å². The van der Waals surface area contributed by atoms with Crippen LogP contribution in [0.25, 0.3) is 0 Å². The van der Waals surface area contributed by atoms with Gasteiger partial charge in [-0.1, -0.05) is 74.0 Å². The van der Waals surface area contributed by atoms with Gasteiger partial charge in [-0.15, -0.1) is 0 Å². The van der Waals surface area contributed by atoms with Crippen LogP contribution in [-0.2, 0) is 30.3 Å². The minimum Gasteiger partial charge on any atom is -0.458 e.